The lowest BCUT2D eigenvalue weighted by Gasteiger charge is -2.12. The summed E-state index contributed by atoms with van der Waals surface area (Å²) in [5.41, 5.74) is 3.60. The molecule has 1 aromatic heterocycles. The number of ether oxygens (including phenoxy) is 1. The maximum absolute atomic E-state index is 12.2. The van der Waals surface area contributed by atoms with Crippen LogP contribution in [0.25, 0.3) is 5.57 Å². The summed E-state index contributed by atoms with van der Waals surface area (Å²) in [6.45, 7) is 4.20. The number of carbonyl (C=O) groups is 1. The van der Waals surface area contributed by atoms with Crippen molar-refractivity contribution in [1.29, 1.82) is 0 Å². The number of hydrogen-bond acceptors (Lipinski definition) is 3. The van der Waals surface area contributed by atoms with Crippen molar-refractivity contribution < 1.29 is 9.53 Å². The number of rotatable bonds is 11. The Balaban J connectivity index is 1.83. The number of nitrogens with zero attached hydrogens (tertiary/aromatic N) is 1. The Labute approximate surface area is 174 Å². The smallest absolute Gasteiger partial charge is 0.244 e. The van der Waals surface area contributed by atoms with Crippen molar-refractivity contribution >= 4 is 11.5 Å². The molecule has 1 aromatic carbocycles. The summed E-state index contributed by atoms with van der Waals surface area (Å²) in [5, 5.41) is 3.04. The van der Waals surface area contributed by atoms with Gasteiger partial charge in [0.1, 0.15) is 5.75 Å². The second-order valence-corrected chi connectivity index (χ2v) is 7.19. The predicted molar refractivity (Wildman–Crippen MR) is 120 cm³/mol. The zero-order valence-corrected chi connectivity index (χ0v) is 17.7. The van der Waals surface area contributed by atoms with E-state index in [9.17, 15) is 4.79 Å². The molecule has 0 radical (unpaired) electrons. The third-order valence-corrected chi connectivity index (χ3v) is 4.74. The largest absolute Gasteiger partial charge is 0.497 e. The molecule has 29 heavy (non-hydrogen) atoms. The van der Waals surface area contributed by atoms with Crippen LogP contribution < -0.4 is 10.1 Å². The fraction of sp³-hybridized carbons (Fsp3) is 0.360. The van der Waals surface area contributed by atoms with Crippen LogP contribution in [0, 0.1) is 0 Å². The Morgan fingerprint density at radius 3 is 2.69 bits per heavy atom. The highest BCUT2D eigenvalue weighted by Crippen LogP contribution is 2.22. The molecule has 0 unspecified atom stereocenters. The highest BCUT2D eigenvalue weighted by molar-refractivity contribution is 5.88. The average Bonchev–Trinajstić information content (AvgIpc) is 2.74. The van der Waals surface area contributed by atoms with E-state index in [4.69, 9.17) is 4.74 Å². The number of allylic oxidation sites excluding steroid dienone is 3. The van der Waals surface area contributed by atoms with Gasteiger partial charge in [-0.05, 0) is 67.5 Å². The summed E-state index contributed by atoms with van der Waals surface area (Å²) in [4.78, 5) is 16.3. The summed E-state index contributed by atoms with van der Waals surface area (Å²) in [5.74, 6) is 0.790. The van der Waals surface area contributed by atoms with Crippen molar-refractivity contribution in [3.05, 3.63) is 78.1 Å². The third kappa shape index (κ3) is 8.34. The van der Waals surface area contributed by atoms with E-state index in [1.807, 2.05) is 43.5 Å². The third-order valence-electron chi connectivity index (χ3n) is 4.74. The first-order valence-corrected chi connectivity index (χ1v) is 10.3. The zero-order valence-electron chi connectivity index (χ0n) is 17.7. The first kappa shape index (κ1) is 22.4. The summed E-state index contributed by atoms with van der Waals surface area (Å²) >= 11 is 0. The molecule has 0 aliphatic rings. The van der Waals surface area contributed by atoms with Gasteiger partial charge in [-0.2, -0.15) is 0 Å². The maximum atomic E-state index is 12.2. The van der Waals surface area contributed by atoms with Crippen molar-refractivity contribution in [2.24, 2.45) is 0 Å². The molecule has 0 saturated heterocycles. The van der Waals surface area contributed by atoms with Crippen molar-refractivity contribution in [3.8, 4) is 5.75 Å². The van der Waals surface area contributed by atoms with Gasteiger partial charge in [-0.1, -0.05) is 43.7 Å². The Morgan fingerprint density at radius 2 is 2.03 bits per heavy atom. The van der Waals surface area contributed by atoms with Gasteiger partial charge < -0.3 is 10.1 Å². The molecule has 4 heteroatoms. The molecule has 1 atom stereocenters. The van der Waals surface area contributed by atoms with Gasteiger partial charge in [-0.15, -0.1) is 0 Å². The first-order valence-electron chi connectivity index (χ1n) is 10.3. The summed E-state index contributed by atoms with van der Waals surface area (Å²) < 4.78 is 5.22. The van der Waals surface area contributed by atoms with E-state index in [0.29, 0.717) is 0 Å². The van der Waals surface area contributed by atoms with Crippen LogP contribution in [-0.4, -0.2) is 24.0 Å². The second-order valence-electron chi connectivity index (χ2n) is 7.19. The Bertz CT molecular complexity index is 795. The lowest BCUT2D eigenvalue weighted by atomic mass is 10.0. The standard InChI is InChI=1S/C25H32N2O2/c1-4-8-22(23-14-16-24(29-3)17-15-23)12-6-13-25(28)27-20(2)9-5-10-21-11-7-18-26-19-21/h6-7,11-20H,4-5,8-10H2,1-3H3,(H,27,28)/t20-/m1/s1. The van der Waals surface area contributed by atoms with Crippen LogP contribution in [0.4, 0.5) is 0 Å². The highest BCUT2D eigenvalue weighted by atomic mass is 16.5. The van der Waals surface area contributed by atoms with E-state index in [1.165, 1.54) is 11.1 Å². The number of nitrogens with one attached hydrogen (secondary N) is 1. The van der Waals surface area contributed by atoms with Crippen molar-refractivity contribution in [2.75, 3.05) is 7.11 Å². The molecule has 4 nitrogen and oxygen atoms in total. The van der Waals surface area contributed by atoms with Crippen LogP contribution in [-0.2, 0) is 11.2 Å². The minimum absolute atomic E-state index is 0.0549. The summed E-state index contributed by atoms with van der Waals surface area (Å²) in [6.07, 6.45) is 14.1. The number of amides is 1. The van der Waals surface area contributed by atoms with Gasteiger partial charge in [-0.25, -0.2) is 0 Å². The monoisotopic (exact) mass is 392 g/mol. The number of aromatic nitrogens is 1. The van der Waals surface area contributed by atoms with E-state index >= 15 is 0 Å². The Hall–Kier alpha value is -2.88. The van der Waals surface area contributed by atoms with Crippen molar-refractivity contribution in [2.45, 2.75) is 52.0 Å². The number of benzene rings is 1. The number of hydrogen-bond donors (Lipinski definition) is 1. The van der Waals surface area contributed by atoms with Gasteiger partial charge >= 0.3 is 0 Å². The molecule has 0 aliphatic heterocycles. The van der Waals surface area contributed by atoms with Crippen LogP contribution in [0.5, 0.6) is 5.75 Å². The van der Waals surface area contributed by atoms with Crippen molar-refractivity contribution in [1.82, 2.24) is 10.3 Å². The molecule has 2 rings (SSSR count). The minimum Gasteiger partial charge on any atom is -0.497 e. The number of pyridine rings is 1. The molecule has 0 fully saturated rings. The molecule has 1 N–H and O–H groups in total. The van der Waals surface area contributed by atoms with Crippen LogP contribution in [0.15, 0.2) is 67.0 Å². The summed E-state index contributed by atoms with van der Waals surface area (Å²) in [6, 6.07) is 12.2. The molecule has 0 aliphatic carbocycles. The lowest BCUT2D eigenvalue weighted by molar-refractivity contribution is -0.117. The van der Waals surface area contributed by atoms with Gasteiger partial charge in [0, 0.05) is 24.5 Å². The molecule has 154 valence electrons. The predicted octanol–water partition coefficient (Wildman–Crippen LogP) is 5.36. The minimum atomic E-state index is -0.0549. The lowest BCUT2D eigenvalue weighted by Crippen LogP contribution is -2.31. The van der Waals surface area contributed by atoms with Gasteiger partial charge in [0.25, 0.3) is 0 Å². The van der Waals surface area contributed by atoms with E-state index in [2.05, 4.69) is 35.4 Å². The van der Waals surface area contributed by atoms with Gasteiger partial charge in [0.2, 0.25) is 5.91 Å². The second kappa shape index (κ2) is 12.6. The fourth-order valence-electron chi connectivity index (χ4n) is 3.17. The van der Waals surface area contributed by atoms with E-state index < -0.39 is 0 Å². The molecule has 1 amide bonds. The number of carbonyl (C=O) groups excluding carboxylic acids is 1. The van der Waals surface area contributed by atoms with Crippen molar-refractivity contribution in [3.63, 3.8) is 0 Å². The summed E-state index contributed by atoms with van der Waals surface area (Å²) in [7, 11) is 1.67. The average molecular weight is 393 g/mol. The normalized spacial score (nSPS) is 12.7. The van der Waals surface area contributed by atoms with E-state index in [-0.39, 0.29) is 11.9 Å². The molecule has 1 heterocycles. The first-order chi connectivity index (χ1) is 14.1. The molecule has 0 saturated carbocycles. The van der Waals surface area contributed by atoms with E-state index in [0.717, 1.165) is 43.4 Å². The van der Waals surface area contributed by atoms with Gasteiger partial charge in [-0.3, -0.25) is 9.78 Å². The van der Waals surface area contributed by atoms with Gasteiger partial charge in [0.05, 0.1) is 7.11 Å². The number of methoxy groups -OCH3 is 1. The molecule has 0 bridgehead atoms. The Morgan fingerprint density at radius 1 is 1.24 bits per heavy atom. The van der Waals surface area contributed by atoms with Crippen LogP contribution in [0.3, 0.4) is 0 Å². The quantitative estimate of drug-likeness (QED) is 0.414. The maximum Gasteiger partial charge on any atom is 0.244 e. The topological polar surface area (TPSA) is 51.2 Å². The Kier molecular flexibility index (Phi) is 9.70. The number of aryl methyl sites for hydroxylation is 1. The molecule has 2 aromatic rings. The van der Waals surface area contributed by atoms with E-state index in [1.54, 1.807) is 19.4 Å². The fourth-order valence-corrected chi connectivity index (χ4v) is 3.17. The SMILES string of the molecule is CCCC(=CC=CC(=O)N[C@H](C)CCCc1cccnc1)c1ccc(OC)cc1. The van der Waals surface area contributed by atoms with Crippen LogP contribution in [0.2, 0.25) is 0 Å². The van der Waals surface area contributed by atoms with Gasteiger partial charge in [0.15, 0.2) is 0 Å². The molecular weight excluding hydrogens is 360 g/mol. The van der Waals surface area contributed by atoms with Crippen LogP contribution >= 0.6 is 0 Å². The molecular formula is C25H32N2O2. The highest BCUT2D eigenvalue weighted by Gasteiger charge is 2.05. The zero-order chi connectivity index (χ0) is 20.9. The molecule has 0 spiro atoms. The van der Waals surface area contributed by atoms with Crippen LogP contribution in [0.1, 0.15) is 50.7 Å².